The Balaban J connectivity index is 1.21. The van der Waals surface area contributed by atoms with Crippen molar-refractivity contribution in [2.24, 2.45) is 0 Å². The molecule has 5 heterocycles. The number of aromatic amines is 1. The molecule has 0 aromatic carbocycles. The molecular weight excluding hydrogens is 529 g/mol. The van der Waals surface area contributed by atoms with Crippen molar-refractivity contribution < 1.29 is 22.7 Å². The van der Waals surface area contributed by atoms with Crippen LogP contribution in [0.5, 0.6) is 5.88 Å². The monoisotopic (exact) mass is 554 g/mol. The molecule has 0 aliphatic carbocycles. The smallest absolute Gasteiger partial charge is 0.423 e. The minimum absolute atomic E-state index is 0.0189. The Bertz CT molecular complexity index is 1460. The average molecular weight is 555 g/mol. The number of pyridine rings is 2. The zero-order valence-electron chi connectivity index (χ0n) is 21.3. The summed E-state index contributed by atoms with van der Waals surface area (Å²) in [5.74, 6) is 0.731. The molecule has 2 aliphatic rings. The first-order chi connectivity index (χ1) is 19.2. The Labute approximate surface area is 226 Å². The summed E-state index contributed by atoms with van der Waals surface area (Å²) in [4.78, 5) is 38.8. The number of alkyl halides is 3. The minimum atomic E-state index is -4.83. The number of rotatable bonds is 6. The van der Waals surface area contributed by atoms with Gasteiger partial charge in [0.2, 0.25) is 5.88 Å². The molecule has 2 aliphatic heterocycles. The van der Waals surface area contributed by atoms with Crippen LogP contribution in [0.15, 0.2) is 47.7 Å². The van der Waals surface area contributed by atoms with Gasteiger partial charge in [0, 0.05) is 56.7 Å². The third-order valence-electron chi connectivity index (χ3n) is 6.98. The number of piperazine rings is 1. The number of ether oxygens (including phenoxy) is 1. The maximum Gasteiger partial charge on any atom is 0.423 e. The summed E-state index contributed by atoms with van der Waals surface area (Å²) in [5, 5.41) is 14.4. The van der Waals surface area contributed by atoms with Gasteiger partial charge in [-0.15, -0.1) is 0 Å². The molecule has 40 heavy (non-hydrogen) atoms. The highest BCUT2D eigenvalue weighted by molar-refractivity contribution is 5.94. The van der Waals surface area contributed by atoms with Gasteiger partial charge in [0.15, 0.2) is 0 Å². The topological polar surface area (TPSA) is 131 Å². The maximum atomic E-state index is 13.6. The van der Waals surface area contributed by atoms with Crippen LogP contribution in [0.25, 0.3) is 0 Å². The molecule has 5 rings (SSSR count). The van der Waals surface area contributed by atoms with Crippen molar-refractivity contribution in [3.8, 4) is 11.9 Å². The molecule has 3 aromatic rings. The highest BCUT2D eigenvalue weighted by atomic mass is 19.4. The van der Waals surface area contributed by atoms with Crippen LogP contribution in [0, 0.1) is 11.3 Å². The van der Waals surface area contributed by atoms with Crippen molar-refractivity contribution >= 4 is 17.4 Å². The number of carbonyl (C=O) groups is 1. The molecule has 3 aromatic heterocycles. The number of carbonyl (C=O) groups excluding carboxylic acids is 1. The van der Waals surface area contributed by atoms with Gasteiger partial charge in [-0.25, -0.2) is 15.1 Å². The van der Waals surface area contributed by atoms with Gasteiger partial charge in [0.05, 0.1) is 23.5 Å². The second-order valence-electron chi connectivity index (χ2n) is 9.44. The van der Waals surface area contributed by atoms with E-state index in [1.807, 2.05) is 16.1 Å². The number of nitriles is 1. The summed E-state index contributed by atoms with van der Waals surface area (Å²) in [5.41, 5.74) is -1.99. The lowest BCUT2D eigenvalue weighted by atomic mass is 10.2. The molecule has 0 spiro atoms. The van der Waals surface area contributed by atoms with Crippen molar-refractivity contribution in [3.63, 3.8) is 0 Å². The summed E-state index contributed by atoms with van der Waals surface area (Å²) in [6.45, 7) is 2.44. The summed E-state index contributed by atoms with van der Waals surface area (Å²) in [7, 11) is 0. The summed E-state index contributed by atoms with van der Waals surface area (Å²) >= 11 is 0. The van der Waals surface area contributed by atoms with Gasteiger partial charge in [-0.05, 0) is 31.0 Å². The van der Waals surface area contributed by atoms with Gasteiger partial charge in [-0.2, -0.15) is 23.5 Å². The fourth-order valence-electron chi connectivity index (χ4n) is 4.97. The van der Waals surface area contributed by atoms with Crippen molar-refractivity contribution in [3.05, 3.63) is 69.9 Å². The predicted octanol–water partition coefficient (Wildman–Crippen LogP) is 2.46. The van der Waals surface area contributed by atoms with E-state index in [0.717, 1.165) is 12.0 Å². The lowest BCUT2D eigenvalue weighted by Crippen LogP contribution is -2.49. The standard InChI is InChI=1S/C26H25F3N8O3/c27-26(28,29)23-20(15-33-34-24(23)38)37-7-1-2-19(37)16-40-22-12-18(5-6-31-22)25(39)36-10-8-35(9-11-36)21-4-3-17(13-30)14-32-21/h3-6,12,14-15,19H,1-2,7-11,16H2,(H,34,38)/t19-/m0/s1. The molecule has 0 unspecified atom stereocenters. The Morgan fingerprint density at radius 1 is 1.12 bits per heavy atom. The molecule has 2 saturated heterocycles. The van der Waals surface area contributed by atoms with Crippen LogP contribution in [-0.2, 0) is 6.18 Å². The van der Waals surface area contributed by atoms with Crippen molar-refractivity contribution in [1.29, 1.82) is 5.26 Å². The fourth-order valence-corrected chi connectivity index (χ4v) is 4.97. The first kappa shape index (κ1) is 26.9. The van der Waals surface area contributed by atoms with E-state index >= 15 is 0 Å². The van der Waals surface area contributed by atoms with E-state index in [9.17, 15) is 22.8 Å². The third kappa shape index (κ3) is 5.68. The zero-order chi connectivity index (χ0) is 28.3. The molecule has 0 bridgehead atoms. The zero-order valence-corrected chi connectivity index (χ0v) is 21.3. The SMILES string of the molecule is N#Cc1ccc(N2CCN(C(=O)c3ccnc(OC[C@@H]4CCCN4c4cn[nH]c(=O)c4C(F)(F)F)c3)CC2)nc1. The van der Waals surface area contributed by atoms with E-state index in [-0.39, 0.29) is 24.1 Å². The van der Waals surface area contributed by atoms with E-state index in [4.69, 9.17) is 10.00 Å². The summed E-state index contributed by atoms with van der Waals surface area (Å²) in [6.07, 6.45) is 0.322. The lowest BCUT2D eigenvalue weighted by Gasteiger charge is -2.35. The number of aromatic nitrogens is 4. The maximum absolute atomic E-state index is 13.6. The Morgan fingerprint density at radius 3 is 2.62 bits per heavy atom. The van der Waals surface area contributed by atoms with Crippen LogP contribution in [0.3, 0.4) is 0 Å². The number of H-pyrrole nitrogens is 1. The second kappa shape index (κ2) is 11.2. The van der Waals surface area contributed by atoms with Crippen LogP contribution in [-0.4, -0.2) is 76.3 Å². The number of nitrogens with zero attached hydrogens (tertiary/aromatic N) is 7. The molecule has 11 nitrogen and oxygen atoms in total. The van der Waals surface area contributed by atoms with Crippen LogP contribution in [0.4, 0.5) is 24.7 Å². The van der Waals surface area contributed by atoms with E-state index in [1.54, 1.807) is 23.1 Å². The third-order valence-corrected chi connectivity index (χ3v) is 6.98. The molecule has 2 fully saturated rings. The predicted molar refractivity (Wildman–Crippen MR) is 137 cm³/mol. The van der Waals surface area contributed by atoms with Gasteiger partial charge in [0.1, 0.15) is 24.1 Å². The first-order valence-corrected chi connectivity index (χ1v) is 12.7. The van der Waals surface area contributed by atoms with Crippen molar-refractivity contribution in [2.75, 3.05) is 49.1 Å². The fraction of sp³-hybridized carbons (Fsp3) is 0.385. The summed E-state index contributed by atoms with van der Waals surface area (Å²) in [6, 6.07) is 8.19. The van der Waals surface area contributed by atoms with Gasteiger partial charge >= 0.3 is 6.18 Å². The van der Waals surface area contributed by atoms with Crippen LogP contribution < -0.4 is 20.1 Å². The highest BCUT2D eigenvalue weighted by Crippen LogP contribution is 2.36. The largest absolute Gasteiger partial charge is 0.475 e. The lowest BCUT2D eigenvalue weighted by molar-refractivity contribution is -0.138. The number of hydrogen-bond donors (Lipinski definition) is 1. The van der Waals surface area contributed by atoms with Gasteiger partial charge in [0.25, 0.3) is 11.5 Å². The Hall–Kier alpha value is -4.67. The second-order valence-corrected chi connectivity index (χ2v) is 9.44. The minimum Gasteiger partial charge on any atom is -0.475 e. The number of anilines is 2. The quantitative estimate of drug-likeness (QED) is 0.488. The van der Waals surface area contributed by atoms with E-state index in [2.05, 4.69) is 15.1 Å². The molecule has 1 amide bonds. The Kier molecular flexibility index (Phi) is 7.54. The average Bonchev–Trinajstić information content (AvgIpc) is 3.44. The van der Waals surface area contributed by atoms with Gasteiger partial charge in [-0.1, -0.05) is 0 Å². The molecule has 1 atom stereocenters. The van der Waals surface area contributed by atoms with Crippen molar-refractivity contribution in [1.82, 2.24) is 25.1 Å². The van der Waals surface area contributed by atoms with Crippen LogP contribution in [0.2, 0.25) is 0 Å². The number of halogens is 3. The van der Waals surface area contributed by atoms with E-state index in [0.29, 0.717) is 56.7 Å². The van der Waals surface area contributed by atoms with Gasteiger partial charge in [-0.3, -0.25) is 9.59 Å². The number of hydrogen-bond acceptors (Lipinski definition) is 9. The van der Waals surface area contributed by atoms with Gasteiger partial charge < -0.3 is 19.4 Å². The molecule has 14 heteroatoms. The van der Waals surface area contributed by atoms with Crippen LogP contribution in [0.1, 0.15) is 34.3 Å². The normalized spacial score (nSPS) is 17.6. The molecule has 1 N–H and O–H groups in total. The molecule has 0 radical (unpaired) electrons. The van der Waals surface area contributed by atoms with Crippen molar-refractivity contribution in [2.45, 2.75) is 25.1 Å². The summed E-state index contributed by atoms with van der Waals surface area (Å²) < 4.78 is 46.6. The van der Waals surface area contributed by atoms with E-state index < -0.39 is 23.3 Å². The molecule has 208 valence electrons. The first-order valence-electron chi connectivity index (χ1n) is 12.7. The molecular formula is C26H25F3N8O3. The number of nitrogens with one attached hydrogen (secondary N) is 1. The Morgan fingerprint density at radius 2 is 1.93 bits per heavy atom. The molecule has 0 saturated carbocycles. The van der Waals surface area contributed by atoms with Crippen LogP contribution >= 0.6 is 0 Å². The van der Waals surface area contributed by atoms with E-state index in [1.165, 1.54) is 23.4 Å². The number of amides is 1. The highest BCUT2D eigenvalue weighted by Gasteiger charge is 2.40.